The van der Waals surface area contributed by atoms with Crippen molar-refractivity contribution in [3.05, 3.63) is 22.7 Å². The number of rotatable bonds is 3. The maximum atomic E-state index is 12.0. The Bertz CT molecular complexity index is 462. The monoisotopic (exact) mass is 269 g/mol. The van der Waals surface area contributed by atoms with E-state index in [9.17, 15) is 4.79 Å². The molecule has 18 heavy (non-hydrogen) atoms. The van der Waals surface area contributed by atoms with Crippen molar-refractivity contribution in [3.8, 4) is 11.5 Å². The summed E-state index contributed by atoms with van der Waals surface area (Å²) in [5.41, 5.74) is 0.490. The highest BCUT2D eigenvalue weighted by atomic mass is 35.5. The minimum Gasteiger partial charge on any atom is -0.486 e. The Labute approximate surface area is 111 Å². The number of hydrogen-bond acceptors (Lipinski definition) is 3. The Morgan fingerprint density at radius 1 is 1.44 bits per heavy atom. The number of nitrogens with one attached hydrogen (secondary N) is 1. The first-order chi connectivity index (χ1) is 8.61. The average molecular weight is 270 g/mol. The van der Waals surface area contributed by atoms with E-state index in [0.29, 0.717) is 35.3 Å². The topological polar surface area (TPSA) is 47.6 Å². The zero-order valence-corrected chi connectivity index (χ0v) is 11.2. The van der Waals surface area contributed by atoms with Crippen LogP contribution in [0.25, 0.3) is 0 Å². The lowest BCUT2D eigenvalue weighted by Crippen LogP contribution is -2.32. The van der Waals surface area contributed by atoms with Gasteiger partial charge in [-0.05, 0) is 25.5 Å². The van der Waals surface area contributed by atoms with Crippen LogP contribution in [0, 0.1) is 0 Å². The van der Waals surface area contributed by atoms with Gasteiger partial charge >= 0.3 is 0 Å². The molecule has 1 unspecified atom stereocenters. The summed E-state index contributed by atoms with van der Waals surface area (Å²) in [4.78, 5) is 12.0. The quantitative estimate of drug-likeness (QED) is 0.918. The molecule has 2 rings (SSSR count). The predicted octanol–water partition coefficient (Wildman–Crippen LogP) is 2.64. The minimum atomic E-state index is -0.150. The van der Waals surface area contributed by atoms with Gasteiger partial charge in [-0.2, -0.15) is 0 Å². The third kappa shape index (κ3) is 2.70. The highest BCUT2D eigenvalue weighted by Gasteiger charge is 2.19. The van der Waals surface area contributed by atoms with E-state index >= 15 is 0 Å². The van der Waals surface area contributed by atoms with Gasteiger partial charge in [-0.25, -0.2) is 0 Å². The molecule has 1 amide bonds. The predicted molar refractivity (Wildman–Crippen MR) is 69.7 cm³/mol. The fourth-order valence-corrected chi connectivity index (χ4v) is 1.92. The summed E-state index contributed by atoms with van der Waals surface area (Å²) < 4.78 is 10.8. The molecular weight excluding hydrogens is 254 g/mol. The van der Waals surface area contributed by atoms with E-state index < -0.39 is 0 Å². The van der Waals surface area contributed by atoms with Gasteiger partial charge in [-0.3, -0.25) is 4.79 Å². The molecule has 1 aromatic rings. The molecule has 0 aliphatic carbocycles. The lowest BCUT2D eigenvalue weighted by molar-refractivity contribution is 0.0938. The van der Waals surface area contributed by atoms with E-state index in [-0.39, 0.29) is 11.9 Å². The second-order valence-corrected chi connectivity index (χ2v) is 4.67. The lowest BCUT2D eigenvalue weighted by atomic mass is 10.1. The molecule has 1 heterocycles. The fourth-order valence-electron chi connectivity index (χ4n) is 1.65. The Morgan fingerprint density at radius 3 is 2.89 bits per heavy atom. The molecule has 1 aliphatic rings. The molecule has 0 aromatic heterocycles. The molecular formula is C13H16ClNO3. The van der Waals surface area contributed by atoms with Crippen molar-refractivity contribution in [2.24, 2.45) is 0 Å². The van der Waals surface area contributed by atoms with Crippen LogP contribution in [-0.2, 0) is 0 Å². The number of benzene rings is 1. The van der Waals surface area contributed by atoms with Crippen LogP contribution in [-0.4, -0.2) is 25.2 Å². The van der Waals surface area contributed by atoms with E-state index in [2.05, 4.69) is 5.32 Å². The highest BCUT2D eigenvalue weighted by molar-refractivity contribution is 6.32. The van der Waals surface area contributed by atoms with Gasteiger partial charge in [-0.1, -0.05) is 18.5 Å². The van der Waals surface area contributed by atoms with Crippen molar-refractivity contribution in [2.45, 2.75) is 26.3 Å². The van der Waals surface area contributed by atoms with Crippen molar-refractivity contribution >= 4 is 17.5 Å². The first-order valence-electron chi connectivity index (χ1n) is 6.01. The third-order valence-electron chi connectivity index (χ3n) is 2.85. The average Bonchev–Trinajstić information content (AvgIpc) is 2.38. The Morgan fingerprint density at radius 2 is 2.17 bits per heavy atom. The first-order valence-corrected chi connectivity index (χ1v) is 6.39. The second kappa shape index (κ2) is 5.48. The largest absolute Gasteiger partial charge is 0.486 e. The molecule has 98 valence electrons. The van der Waals surface area contributed by atoms with Gasteiger partial charge in [0.05, 0.1) is 5.02 Å². The molecule has 1 aliphatic heterocycles. The number of hydrogen-bond donors (Lipinski definition) is 1. The number of ether oxygens (including phenoxy) is 2. The van der Waals surface area contributed by atoms with Crippen molar-refractivity contribution in [1.82, 2.24) is 5.32 Å². The summed E-state index contributed by atoms with van der Waals surface area (Å²) in [6.07, 6.45) is 0.879. The van der Waals surface area contributed by atoms with Crippen LogP contribution in [0.15, 0.2) is 12.1 Å². The van der Waals surface area contributed by atoms with Crippen LogP contribution in [0.1, 0.15) is 30.6 Å². The van der Waals surface area contributed by atoms with Crippen molar-refractivity contribution < 1.29 is 14.3 Å². The summed E-state index contributed by atoms with van der Waals surface area (Å²) in [5.74, 6) is 0.897. The smallest absolute Gasteiger partial charge is 0.251 e. The number of carbonyl (C=O) groups is 1. The van der Waals surface area contributed by atoms with Gasteiger partial charge in [0.15, 0.2) is 11.5 Å². The molecule has 4 nitrogen and oxygen atoms in total. The molecule has 0 spiro atoms. The number of halogens is 1. The lowest BCUT2D eigenvalue weighted by Gasteiger charge is -2.20. The van der Waals surface area contributed by atoms with Gasteiger partial charge in [-0.15, -0.1) is 0 Å². The molecule has 0 saturated carbocycles. The van der Waals surface area contributed by atoms with Gasteiger partial charge in [0.25, 0.3) is 5.91 Å². The minimum absolute atomic E-state index is 0.129. The van der Waals surface area contributed by atoms with Crippen molar-refractivity contribution in [2.75, 3.05) is 13.2 Å². The number of amides is 1. The molecule has 1 N–H and O–H groups in total. The van der Waals surface area contributed by atoms with Crippen LogP contribution in [0.3, 0.4) is 0 Å². The van der Waals surface area contributed by atoms with Crippen LogP contribution in [0.2, 0.25) is 5.02 Å². The maximum absolute atomic E-state index is 12.0. The van der Waals surface area contributed by atoms with E-state index in [1.165, 1.54) is 0 Å². The van der Waals surface area contributed by atoms with Crippen LogP contribution >= 0.6 is 11.6 Å². The first kappa shape index (κ1) is 13.0. The van der Waals surface area contributed by atoms with Gasteiger partial charge < -0.3 is 14.8 Å². The molecule has 5 heteroatoms. The molecule has 0 radical (unpaired) electrons. The normalized spacial score (nSPS) is 15.1. The SMILES string of the molecule is CCC(C)NC(=O)c1cc(Cl)c2c(c1)OCCO2. The molecule has 0 fully saturated rings. The summed E-state index contributed by atoms with van der Waals surface area (Å²) in [7, 11) is 0. The van der Waals surface area contributed by atoms with E-state index in [0.717, 1.165) is 6.42 Å². The Balaban J connectivity index is 2.24. The molecule has 1 aromatic carbocycles. The van der Waals surface area contributed by atoms with Gasteiger partial charge in [0, 0.05) is 11.6 Å². The number of fused-ring (bicyclic) bond motifs is 1. The zero-order valence-electron chi connectivity index (χ0n) is 10.5. The fraction of sp³-hybridized carbons (Fsp3) is 0.462. The van der Waals surface area contributed by atoms with E-state index in [4.69, 9.17) is 21.1 Å². The van der Waals surface area contributed by atoms with Gasteiger partial charge in [0.1, 0.15) is 13.2 Å². The second-order valence-electron chi connectivity index (χ2n) is 4.27. The Hall–Kier alpha value is -1.42. The van der Waals surface area contributed by atoms with Crippen LogP contribution in [0.4, 0.5) is 0 Å². The summed E-state index contributed by atoms with van der Waals surface area (Å²) >= 11 is 6.08. The standard InChI is InChI=1S/C13H16ClNO3/c1-3-8(2)15-13(16)9-6-10(14)12-11(7-9)17-4-5-18-12/h6-8H,3-5H2,1-2H3,(H,15,16). The summed E-state index contributed by atoms with van der Waals surface area (Å²) in [5, 5.41) is 3.29. The maximum Gasteiger partial charge on any atom is 0.251 e. The Kier molecular flexibility index (Phi) is 3.97. The van der Waals surface area contributed by atoms with Crippen molar-refractivity contribution in [1.29, 1.82) is 0 Å². The van der Waals surface area contributed by atoms with Crippen LogP contribution in [0.5, 0.6) is 11.5 Å². The van der Waals surface area contributed by atoms with Gasteiger partial charge in [0.2, 0.25) is 0 Å². The molecule has 0 saturated heterocycles. The molecule has 0 bridgehead atoms. The summed E-state index contributed by atoms with van der Waals surface area (Å²) in [6, 6.07) is 3.40. The van der Waals surface area contributed by atoms with E-state index in [1.54, 1.807) is 12.1 Å². The number of carbonyl (C=O) groups excluding carboxylic acids is 1. The molecule has 1 atom stereocenters. The van der Waals surface area contributed by atoms with E-state index in [1.807, 2.05) is 13.8 Å². The highest BCUT2D eigenvalue weighted by Crippen LogP contribution is 2.38. The zero-order chi connectivity index (χ0) is 13.1. The van der Waals surface area contributed by atoms with Crippen molar-refractivity contribution in [3.63, 3.8) is 0 Å². The van der Waals surface area contributed by atoms with Crippen LogP contribution < -0.4 is 14.8 Å². The summed E-state index contributed by atoms with van der Waals surface area (Å²) in [6.45, 7) is 4.92. The third-order valence-corrected chi connectivity index (χ3v) is 3.13.